The fraction of sp³-hybridized carbons (Fsp3) is 0.692. The van der Waals surface area contributed by atoms with Crippen LogP contribution in [-0.4, -0.2) is 23.1 Å². The zero-order chi connectivity index (χ0) is 11.9. The first-order valence-electron chi connectivity index (χ1n) is 6.50. The Labute approximate surface area is 103 Å². The van der Waals surface area contributed by atoms with Crippen LogP contribution in [0.15, 0.2) is 12.4 Å². The maximum atomic E-state index is 5.87. The molecule has 0 bridgehead atoms. The lowest BCUT2D eigenvalue weighted by Crippen LogP contribution is -2.16. The standard InChI is InChI=1S/C13H21N3O/c1-14-8-11-9-16-13(10-15-11)17-12-6-4-2-3-5-7-12/h9-10,12,14H,2-8H2,1H3. The third kappa shape index (κ3) is 3.97. The molecule has 0 saturated heterocycles. The van der Waals surface area contributed by atoms with Crippen molar-refractivity contribution in [2.45, 2.75) is 51.2 Å². The summed E-state index contributed by atoms with van der Waals surface area (Å²) in [5, 5.41) is 3.05. The highest BCUT2D eigenvalue weighted by Crippen LogP contribution is 2.21. The second-order valence-corrected chi connectivity index (χ2v) is 4.61. The van der Waals surface area contributed by atoms with E-state index >= 15 is 0 Å². The molecule has 1 heterocycles. The quantitative estimate of drug-likeness (QED) is 0.813. The Balaban J connectivity index is 1.88. The Morgan fingerprint density at radius 3 is 2.53 bits per heavy atom. The molecular formula is C13H21N3O. The molecule has 0 radical (unpaired) electrons. The van der Waals surface area contributed by atoms with E-state index in [2.05, 4.69) is 15.3 Å². The maximum Gasteiger partial charge on any atom is 0.232 e. The van der Waals surface area contributed by atoms with Crippen molar-refractivity contribution in [3.8, 4) is 5.88 Å². The normalized spacial score (nSPS) is 17.7. The number of rotatable bonds is 4. The van der Waals surface area contributed by atoms with Crippen LogP contribution in [0, 0.1) is 0 Å². The summed E-state index contributed by atoms with van der Waals surface area (Å²) >= 11 is 0. The molecule has 1 aromatic heterocycles. The molecule has 17 heavy (non-hydrogen) atoms. The van der Waals surface area contributed by atoms with Crippen molar-refractivity contribution < 1.29 is 4.74 Å². The van der Waals surface area contributed by atoms with Gasteiger partial charge in [-0.1, -0.05) is 12.8 Å². The van der Waals surface area contributed by atoms with Crippen molar-refractivity contribution in [2.24, 2.45) is 0 Å². The number of aromatic nitrogens is 2. The van der Waals surface area contributed by atoms with E-state index in [-0.39, 0.29) is 0 Å². The molecule has 1 fully saturated rings. The lowest BCUT2D eigenvalue weighted by molar-refractivity contribution is 0.175. The van der Waals surface area contributed by atoms with Crippen LogP contribution >= 0.6 is 0 Å². The minimum atomic E-state index is 0.335. The second kappa shape index (κ2) is 6.55. The minimum absolute atomic E-state index is 0.335. The highest BCUT2D eigenvalue weighted by atomic mass is 16.5. The van der Waals surface area contributed by atoms with Crippen LogP contribution in [0.5, 0.6) is 5.88 Å². The second-order valence-electron chi connectivity index (χ2n) is 4.61. The summed E-state index contributed by atoms with van der Waals surface area (Å²) in [4.78, 5) is 8.60. The number of ether oxygens (including phenoxy) is 1. The van der Waals surface area contributed by atoms with E-state index in [1.54, 1.807) is 12.4 Å². The van der Waals surface area contributed by atoms with E-state index in [0.29, 0.717) is 12.0 Å². The number of hydrogen-bond donors (Lipinski definition) is 1. The van der Waals surface area contributed by atoms with E-state index in [1.165, 1.54) is 25.7 Å². The van der Waals surface area contributed by atoms with Gasteiger partial charge in [0.2, 0.25) is 5.88 Å². The van der Waals surface area contributed by atoms with Crippen molar-refractivity contribution in [2.75, 3.05) is 7.05 Å². The monoisotopic (exact) mass is 235 g/mol. The SMILES string of the molecule is CNCc1cnc(OC2CCCCCC2)cn1. The first-order valence-corrected chi connectivity index (χ1v) is 6.50. The molecule has 0 aromatic carbocycles. The van der Waals surface area contributed by atoms with E-state index < -0.39 is 0 Å². The molecule has 2 rings (SSSR count). The van der Waals surface area contributed by atoms with E-state index in [4.69, 9.17) is 4.74 Å². The fourth-order valence-corrected chi connectivity index (χ4v) is 2.21. The Bertz CT molecular complexity index is 318. The van der Waals surface area contributed by atoms with E-state index in [0.717, 1.165) is 25.1 Å². The first-order chi connectivity index (χ1) is 8.38. The molecule has 1 aliphatic rings. The van der Waals surface area contributed by atoms with Crippen LogP contribution in [0.25, 0.3) is 0 Å². The van der Waals surface area contributed by atoms with Gasteiger partial charge in [-0.2, -0.15) is 0 Å². The minimum Gasteiger partial charge on any atom is -0.473 e. The topological polar surface area (TPSA) is 47.0 Å². The predicted octanol–water partition coefficient (Wildman–Crippen LogP) is 2.30. The molecule has 94 valence electrons. The highest BCUT2D eigenvalue weighted by Gasteiger charge is 2.14. The maximum absolute atomic E-state index is 5.87. The number of nitrogens with zero attached hydrogens (tertiary/aromatic N) is 2. The first kappa shape index (κ1) is 12.3. The summed E-state index contributed by atoms with van der Waals surface area (Å²) in [6.07, 6.45) is 11.4. The molecule has 1 aliphatic carbocycles. The lowest BCUT2D eigenvalue weighted by atomic mass is 10.1. The molecule has 0 aliphatic heterocycles. The molecule has 4 nitrogen and oxygen atoms in total. The summed E-state index contributed by atoms with van der Waals surface area (Å²) < 4.78 is 5.87. The van der Waals surface area contributed by atoms with Gasteiger partial charge in [0.05, 0.1) is 18.1 Å². The van der Waals surface area contributed by atoms with Crippen LogP contribution in [-0.2, 0) is 6.54 Å². The summed E-state index contributed by atoms with van der Waals surface area (Å²) in [5.41, 5.74) is 0.945. The zero-order valence-electron chi connectivity index (χ0n) is 10.5. The van der Waals surface area contributed by atoms with Crippen molar-refractivity contribution in [3.05, 3.63) is 18.1 Å². The Morgan fingerprint density at radius 2 is 1.94 bits per heavy atom. The zero-order valence-corrected chi connectivity index (χ0v) is 10.5. The molecule has 1 N–H and O–H groups in total. The lowest BCUT2D eigenvalue weighted by Gasteiger charge is -2.15. The Morgan fingerprint density at radius 1 is 1.18 bits per heavy atom. The average molecular weight is 235 g/mol. The van der Waals surface area contributed by atoms with Crippen LogP contribution in [0.4, 0.5) is 0 Å². The van der Waals surface area contributed by atoms with Crippen LogP contribution < -0.4 is 10.1 Å². The van der Waals surface area contributed by atoms with Gasteiger partial charge >= 0.3 is 0 Å². The van der Waals surface area contributed by atoms with Gasteiger partial charge in [0, 0.05) is 6.54 Å². The van der Waals surface area contributed by atoms with Gasteiger partial charge in [0.15, 0.2) is 0 Å². The Kier molecular flexibility index (Phi) is 4.74. The van der Waals surface area contributed by atoms with Gasteiger partial charge in [-0.3, -0.25) is 4.98 Å². The molecular weight excluding hydrogens is 214 g/mol. The van der Waals surface area contributed by atoms with Crippen molar-refractivity contribution in [1.82, 2.24) is 15.3 Å². The van der Waals surface area contributed by atoms with Crippen molar-refractivity contribution >= 4 is 0 Å². The molecule has 0 unspecified atom stereocenters. The molecule has 4 heteroatoms. The van der Waals surface area contributed by atoms with Gasteiger partial charge < -0.3 is 10.1 Å². The molecule has 1 saturated carbocycles. The largest absolute Gasteiger partial charge is 0.473 e. The van der Waals surface area contributed by atoms with Crippen LogP contribution in [0.1, 0.15) is 44.2 Å². The van der Waals surface area contributed by atoms with Gasteiger partial charge in [-0.15, -0.1) is 0 Å². The fourth-order valence-electron chi connectivity index (χ4n) is 2.21. The summed E-state index contributed by atoms with van der Waals surface area (Å²) in [6, 6.07) is 0. The molecule has 0 atom stereocenters. The van der Waals surface area contributed by atoms with Gasteiger partial charge in [-0.05, 0) is 32.7 Å². The smallest absolute Gasteiger partial charge is 0.232 e. The van der Waals surface area contributed by atoms with Gasteiger partial charge in [0.1, 0.15) is 6.10 Å². The molecule has 1 aromatic rings. The number of hydrogen-bond acceptors (Lipinski definition) is 4. The summed E-state index contributed by atoms with van der Waals surface area (Å²) in [6.45, 7) is 0.747. The van der Waals surface area contributed by atoms with E-state index in [9.17, 15) is 0 Å². The third-order valence-corrected chi connectivity index (χ3v) is 3.13. The predicted molar refractivity (Wildman–Crippen MR) is 66.9 cm³/mol. The van der Waals surface area contributed by atoms with Crippen molar-refractivity contribution in [3.63, 3.8) is 0 Å². The average Bonchev–Trinajstić information content (AvgIpc) is 2.61. The van der Waals surface area contributed by atoms with Crippen LogP contribution in [0.3, 0.4) is 0 Å². The highest BCUT2D eigenvalue weighted by molar-refractivity contribution is 5.07. The molecule has 0 amide bonds. The molecule has 0 spiro atoms. The summed E-state index contributed by atoms with van der Waals surface area (Å²) in [7, 11) is 1.90. The third-order valence-electron chi connectivity index (χ3n) is 3.13. The Hall–Kier alpha value is -1.16. The van der Waals surface area contributed by atoms with Gasteiger partial charge in [0.25, 0.3) is 0 Å². The number of nitrogens with one attached hydrogen (secondary N) is 1. The van der Waals surface area contributed by atoms with Crippen LogP contribution in [0.2, 0.25) is 0 Å². The van der Waals surface area contributed by atoms with E-state index in [1.807, 2.05) is 7.05 Å². The van der Waals surface area contributed by atoms with Crippen molar-refractivity contribution in [1.29, 1.82) is 0 Å². The summed E-state index contributed by atoms with van der Waals surface area (Å²) in [5.74, 6) is 0.664. The van der Waals surface area contributed by atoms with Gasteiger partial charge in [-0.25, -0.2) is 4.98 Å².